The molecule has 0 radical (unpaired) electrons. The summed E-state index contributed by atoms with van der Waals surface area (Å²) in [5, 5.41) is 32.7. The Labute approximate surface area is 442 Å². The van der Waals surface area contributed by atoms with Crippen LogP contribution < -0.4 is 10.6 Å². The molecule has 0 amide bonds. The molecule has 11 nitrogen and oxygen atoms in total. The number of carbonyl (C=O) groups is 2. The zero-order valence-corrected chi connectivity index (χ0v) is 43.8. The highest BCUT2D eigenvalue weighted by Crippen LogP contribution is 2.32. The SMILES string of the molecule is CC(=O)C(NC(=NCc1ccc(Cl)cc1)N1CC(c2ccccc2)C(c2ccc(Cl)cc2)=N1)C(C)C.CC(C)C(NC(=NCc1ccc(Cl)cc1)N1CC(c2ccccc2)C(c2ccc(Cl)cc2)=N1)C(=O)O. The number of carboxylic acid groups (broad SMARTS) is 1. The van der Waals surface area contributed by atoms with Gasteiger partial charge in [0.15, 0.2) is 5.78 Å². The van der Waals surface area contributed by atoms with Gasteiger partial charge in [0.2, 0.25) is 11.9 Å². The van der Waals surface area contributed by atoms with Crippen LogP contribution in [0.1, 0.15) is 79.8 Å². The molecule has 6 aromatic rings. The number of ketones is 1. The van der Waals surface area contributed by atoms with Gasteiger partial charge in [0, 0.05) is 31.9 Å². The van der Waals surface area contributed by atoms with Gasteiger partial charge in [0.25, 0.3) is 0 Å². The molecule has 4 unspecified atom stereocenters. The highest BCUT2D eigenvalue weighted by Gasteiger charge is 2.35. The smallest absolute Gasteiger partial charge is 0.326 e. The lowest BCUT2D eigenvalue weighted by Gasteiger charge is -2.26. The Morgan fingerprint density at radius 3 is 1.19 bits per heavy atom. The third-order valence-corrected chi connectivity index (χ3v) is 13.3. The first-order chi connectivity index (χ1) is 34.6. The van der Waals surface area contributed by atoms with Gasteiger partial charge in [-0.1, -0.05) is 183 Å². The number of aliphatic carboxylic acids is 1. The Morgan fingerprint density at radius 2 is 0.875 bits per heavy atom. The van der Waals surface area contributed by atoms with Gasteiger partial charge in [0.1, 0.15) is 6.04 Å². The number of nitrogens with one attached hydrogen (secondary N) is 2. The van der Waals surface area contributed by atoms with Crippen LogP contribution in [0.4, 0.5) is 0 Å². The summed E-state index contributed by atoms with van der Waals surface area (Å²) in [5.41, 5.74) is 8.01. The first-order valence-electron chi connectivity index (χ1n) is 23.8. The molecule has 0 saturated heterocycles. The Hall–Kier alpha value is -6.50. The molecule has 3 N–H and O–H groups in total. The van der Waals surface area contributed by atoms with Crippen molar-refractivity contribution in [2.75, 3.05) is 13.1 Å². The molecule has 6 aromatic carbocycles. The van der Waals surface area contributed by atoms with Crippen molar-refractivity contribution in [1.82, 2.24) is 20.7 Å². The summed E-state index contributed by atoms with van der Waals surface area (Å²) in [4.78, 5) is 34.1. The molecule has 0 fully saturated rings. The van der Waals surface area contributed by atoms with E-state index in [1.807, 2.05) is 166 Å². The van der Waals surface area contributed by atoms with Crippen LogP contribution in [-0.2, 0) is 22.7 Å². The summed E-state index contributed by atoms with van der Waals surface area (Å²) < 4.78 is 0. The van der Waals surface area contributed by atoms with Crippen LogP contribution >= 0.6 is 46.4 Å². The van der Waals surface area contributed by atoms with Crippen LogP contribution in [0.2, 0.25) is 20.1 Å². The third-order valence-electron chi connectivity index (χ3n) is 12.3. The lowest BCUT2D eigenvalue weighted by atomic mass is 9.91. The Kier molecular flexibility index (Phi) is 18.7. The maximum Gasteiger partial charge on any atom is 0.326 e. The van der Waals surface area contributed by atoms with Gasteiger partial charge in [-0.05, 0) is 101 Å². The lowest BCUT2D eigenvalue weighted by Crippen LogP contribution is -2.49. The van der Waals surface area contributed by atoms with E-state index < -0.39 is 12.0 Å². The summed E-state index contributed by atoms with van der Waals surface area (Å²) in [5.74, 6) is 0.0439. The van der Waals surface area contributed by atoms with Crippen molar-refractivity contribution >= 4 is 81.5 Å². The van der Waals surface area contributed by atoms with Crippen LogP contribution in [-0.4, -0.2) is 75.4 Å². The van der Waals surface area contributed by atoms with Crippen LogP contribution in [0.5, 0.6) is 0 Å². The number of nitrogens with zero attached hydrogens (tertiary/aromatic N) is 6. The fourth-order valence-corrected chi connectivity index (χ4v) is 8.87. The molecule has 0 spiro atoms. The fourth-order valence-electron chi connectivity index (χ4n) is 8.37. The fraction of sp³-hybridized carbons (Fsp3) is 0.263. The molecule has 372 valence electrons. The summed E-state index contributed by atoms with van der Waals surface area (Å²) in [7, 11) is 0. The van der Waals surface area contributed by atoms with E-state index in [2.05, 4.69) is 34.9 Å². The van der Waals surface area contributed by atoms with Crippen LogP contribution in [0.25, 0.3) is 0 Å². The monoisotopic (exact) mass is 1040 g/mol. The minimum absolute atomic E-state index is 0.0303. The zero-order chi connectivity index (χ0) is 51.3. The third kappa shape index (κ3) is 14.3. The highest BCUT2D eigenvalue weighted by molar-refractivity contribution is 6.31. The lowest BCUT2D eigenvalue weighted by molar-refractivity contribution is -0.140. The van der Waals surface area contributed by atoms with Crippen molar-refractivity contribution in [3.05, 3.63) is 211 Å². The van der Waals surface area contributed by atoms with E-state index in [-0.39, 0.29) is 35.5 Å². The van der Waals surface area contributed by atoms with Crippen molar-refractivity contribution in [2.24, 2.45) is 32.0 Å². The number of rotatable bonds is 14. The van der Waals surface area contributed by atoms with Crippen molar-refractivity contribution in [2.45, 2.75) is 71.6 Å². The normalized spacial score (nSPS) is 16.7. The summed E-state index contributed by atoms with van der Waals surface area (Å²) in [6, 6.07) is 49.6. The topological polar surface area (TPSA) is 134 Å². The number of halogens is 4. The standard InChI is InChI=1S/C29H30Cl2N4O.C28H28Cl2N4O2/c1-19(2)27(20(3)36)33-29(32-17-21-9-13-24(30)14-10-21)35-18-26(22-7-5-4-6-8-22)28(34-35)23-11-15-25(31)16-12-23;1-18(2)25(27(35)36)32-28(31-16-19-8-12-22(29)13-9-19)34-17-24(20-6-4-3-5-7-20)26(33-34)21-10-14-23(30)15-11-21/h4-16,19,26-27H,17-18H2,1-3H3,(H,32,33);3-15,18,24-25H,16-17H2,1-2H3,(H,31,32)(H,35,36). The average Bonchev–Trinajstić information content (AvgIpc) is 4.02. The number of guanidine groups is 2. The van der Waals surface area contributed by atoms with Gasteiger partial charge < -0.3 is 15.7 Å². The molecule has 2 aliphatic rings. The number of hydrazone groups is 2. The summed E-state index contributed by atoms with van der Waals surface area (Å²) in [6.45, 7) is 11.3. The zero-order valence-electron chi connectivity index (χ0n) is 40.8. The molecule has 0 aromatic heterocycles. The van der Waals surface area contributed by atoms with Crippen LogP contribution in [0, 0.1) is 11.8 Å². The minimum Gasteiger partial charge on any atom is -0.480 e. The molecular formula is C57H58Cl4N8O3. The van der Waals surface area contributed by atoms with Crippen LogP contribution in [0.15, 0.2) is 178 Å². The number of carbonyl (C=O) groups excluding carboxylic acids is 1. The van der Waals surface area contributed by atoms with Crippen molar-refractivity contribution in [1.29, 1.82) is 0 Å². The number of aliphatic imine (C=N–C) groups is 2. The molecular weight excluding hydrogens is 986 g/mol. The first-order valence-corrected chi connectivity index (χ1v) is 25.3. The maximum atomic E-state index is 12.5. The van der Waals surface area contributed by atoms with E-state index >= 15 is 0 Å². The van der Waals surface area contributed by atoms with Gasteiger partial charge in [-0.25, -0.2) is 24.8 Å². The molecule has 2 aliphatic heterocycles. The molecule has 0 saturated carbocycles. The Balaban J connectivity index is 0.000000211. The molecule has 72 heavy (non-hydrogen) atoms. The average molecular weight is 1040 g/mol. The van der Waals surface area contributed by atoms with Gasteiger partial charge >= 0.3 is 5.97 Å². The van der Waals surface area contributed by atoms with Gasteiger partial charge in [-0.15, -0.1) is 0 Å². The van der Waals surface area contributed by atoms with Crippen molar-refractivity contribution in [3.63, 3.8) is 0 Å². The van der Waals surface area contributed by atoms with E-state index in [9.17, 15) is 14.7 Å². The predicted octanol–water partition coefficient (Wildman–Crippen LogP) is 12.6. The van der Waals surface area contributed by atoms with E-state index in [4.69, 9.17) is 66.6 Å². The second-order valence-corrected chi connectivity index (χ2v) is 20.0. The van der Waals surface area contributed by atoms with E-state index in [1.54, 1.807) is 11.9 Å². The Bertz CT molecular complexity index is 2680. The number of Topliss-reactive ketones (excluding diaryl/α,β-unsaturated/α-hetero) is 1. The Morgan fingerprint density at radius 1 is 0.542 bits per heavy atom. The van der Waals surface area contributed by atoms with E-state index in [1.165, 1.54) is 0 Å². The molecule has 0 bridgehead atoms. The van der Waals surface area contributed by atoms with Crippen molar-refractivity contribution < 1.29 is 14.7 Å². The van der Waals surface area contributed by atoms with Crippen LogP contribution in [0.3, 0.4) is 0 Å². The number of hydrogen-bond acceptors (Lipinski definition) is 6. The molecule has 2 heterocycles. The highest BCUT2D eigenvalue weighted by atomic mass is 35.5. The number of benzene rings is 6. The van der Waals surface area contributed by atoms with E-state index in [0.717, 1.165) is 44.8 Å². The van der Waals surface area contributed by atoms with Gasteiger partial charge in [-0.3, -0.25) is 4.79 Å². The molecule has 8 rings (SSSR count). The summed E-state index contributed by atoms with van der Waals surface area (Å²) in [6.07, 6.45) is 0. The van der Waals surface area contributed by atoms with Gasteiger partial charge in [0.05, 0.1) is 43.6 Å². The maximum absolute atomic E-state index is 12.5. The van der Waals surface area contributed by atoms with E-state index in [0.29, 0.717) is 58.2 Å². The van der Waals surface area contributed by atoms with Crippen molar-refractivity contribution in [3.8, 4) is 0 Å². The largest absolute Gasteiger partial charge is 0.480 e. The van der Waals surface area contributed by atoms with Gasteiger partial charge in [-0.2, -0.15) is 10.2 Å². The molecule has 15 heteroatoms. The second kappa shape index (κ2) is 25.2. The minimum atomic E-state index is -0.940. The predicted molar refractivity (Wildman–Crippen MR) is 295 cm³/mol. The number of hydrogen-bond donors (Lipinski definition) is 3. The quantitative estimate of drug-likeness (QED) is 0.0730. The summed E-state index contributed by atoms with van der Waals surface area (Å²) >= 11 is 24.4. The number of carboxylic acids is 1. The second-order valence-electron chi connectivity index (χ2n) is 18.3. The molecule has 4 atom stereocenters. The first kappa shape index (κ1) is 53.3. The molecule has 0 aliphatic carbocycles.